The molecular weight excluding hydrogens is 445 g/mol. The number of benzene rings is 2. The third-order valence-electron chi connectivity index (χ3n) is 5.02. The van der Waals surface area contributed by atoms with Crippen molar-refractivity contribution in [2.24, 2.45) is 0 Å². The Morgan fingerprint density at radius 2 is 1.81 bits per heavy atom. The quantitative estimate of drug-likeness (QED) is 0.509. The van der Waals surface area contributed by atoms with Crippen LogP contribution in [0.1, 0.15) is 21.6 Å². The average molecular weight is 460 g/mol. The standard InChI is InChI=1S/C21H15F3N4O3S/c22-21(23,24)13-7-5-12(6-8-13)14-3-1-2-4-15(14)17(29)25-10-20(16-9-32-11-26-16)18(30)27-19(31)28-20/h1-9,11H,10H2,(H,25,29)(H2,27,28,30,31)/t20-/m1/s1. The van der Waals surface area contributed by atoms with E-state index in [1.165, 1.54) is 35.0 Å². The lowest BCUT2D eigenvalue weighted by molar-refractivity contribution is -0.137. The molecule has 1 fully saturated rings. The van der Waals surface area contributed by atoms with Crippen LogP contribution in [-0.4, -0.2) is 29.4 Å². The highest BCUT2D eigenvalue weighted by Gasteiger charge is 2.49. The number of carbonyl (C=O) groups is 3. The van der Waals surface area contributed by atoms with E-state index in [1.54, 1.807) is 23.6 Å². The molecule has 4 amide bonds. The van der Waals surface area contributed by atoms with Gasteiger partial charge in [-0.1, -0.05) is 30.3 Å². The van der Waals surface area contributed by atoms with Crippen LogP contribution >= 0.6 is 11.3 Å². The van der Waals surface area contributed by atoms with Crippen molar-refractivity contribution in [2.75, 3.05) is 6.54 Å². The number of hydrogen-bond acceptors (Lipinski definition) is 5. The molecule has 0 unspecified atom stereocenters. The highest BCUT2D eigenvalue weighted by Crippen LogP contribution is 2.32. The third-order valence-corrected chi connectivity index (χ3v) is 5.61. The molecule has 1 atom stereocenters. The lowest BCUT2D eigenvalue weighted by Gasteiger charge is -2.24. The number of alkyl halides is 3. The van der Waals surface area contributed by atoms with Gasteiger partial charge in [-0.05, 0) is 29.3 Å². The minimum Gasteiger partial charge on any atom is -0.349 e. The van der Waals surface area contributed by atoms with Gasteiger partial charge in [-0.3, -0.25) is 14.9 Å². The molecule has 3 aromatic rings. The highest BCUT2D eigenvalue weighted by molar-refractivity contribution is 7.07. The Labute approximate surface area is 183 Å². The first-order valence-corrected chi connectivity index (χ1v) is 10.2. The molecule has 1 saturated heterocycles. The molecule has 0 spiro atoms. The van der Waals surface area contributed by atoms with Crippen molar-refractivity contribution in [3.63, 3.8) is 0 Å². The Morgan fingerprint density at radius 3 is 2.41 bits per heavy atom. The van der Waals surface area contributed by atoms with Gasteiger partial charge in [0, 0.05) is 10.9 Å². The summed E-state index contributed by atoms with van der Waals surface area (Å²) in [6.45, 7) is -0.269. The predicted molar refractivity (Wildman–Crippen MR) is 110 cm³/mol. The van der Waals surface area contributed by atoms with Crippen LogP contribution in [0.2, 0.25) is 0 Å². The van der Waals surface area contributed by atoms with Crippen LogP contribution in [0.3, 0.4) is 0 Å². The summed E-state index contributed by atoms with van der Waals surface area (Å²) in [6, 6.07) is 10.2. The molecule has 1 aromatic heterocycles. The molecule has 0 saturated carbocycles. The Bertz CT molecular complexity index is 1180. The zero-order valence-corrected chi connectivity index (χ0v) is 17.0. The number of thiazole rings is 1. The van der Waals surface area contributed by atoms with Crippen LogP contribution in [0, 0.1) is 0 Å². The molecule has 0 aliphatic carbocycles. The summed E-state index contributed by atoms with van der Waals surface area (Å²) in [7, 11) is 0. The molecule has 2 aromatic carbocycles. The van der Waals surface area contributed by atoms with Gasteiger partial charge in [0.25, 0.3) is 11.8 Å². The van der Waals surface area contributed by atoms with Gasteiger partial charge < -0.3 is 10.6 Å². The number of carbonyl (C=O) groups excluding carboxylic acids is 3. The molecule has 4 rings (SSSR count). The SMILES string of the molecule is O=C1NC(=O)[C@@](CNC(=O)c2ccccc2-c2ccc(C(F)(F)F)cc2)(c2cscn2)N1. The number of urea groups is 1. The van der Waals surface area contributed by atoms with Gasteiger partial charge in [-0.15, -0.1) is 11.3 Å². The van der Waals surface area contributed by atoms with Crippen molar-refractivity contribution in [3.05, 3.63) is 76.2 Å². The van der Waals surface area contributed by atoms with Crippen molar-refractivity contribution in [1.29, 1.82) is 0 Å². The lowest BCUT2D eigenvalue weighted by Crippen LogP contribution is -2.52. The van der Waals surface area contributed by atoms with E-state index in [0.29, 0.717) is 11.1 Å². The second kappa shape index (κ2) is 8.08. The number of imide groups is 1. The summed E-state index contributed by atoms with van der Waals surface area (Å²) < 4.78 is 38.6. The molecule has 1 aliphatic rings. The van der Waals surface area contributed by atoms with Crippen LogP contribution in [0.4, 0.5) is 18.0 Å². The second-order valence-electron chi connectivity index (χ2n) is 6.99. The summed E-state index contributed by atoms with van der Waals surface area (Å²) in [5.74, 6) is -1.21. The largest absolute Gasteiger partial charge is 0.416 e. The van der Waals surface area contributed by atoms with Gasteiger partial charge in [0.1, 0.15) is 0 Å². The average Bonchev–Trinajstić information content (AvgIpc) is 3.40. The summed E-state index contributed by atoms with van der Waals surface area (Å²) in [6.07, 6.45) is -4.47. The van der Waals surface area contributed by atoms with Crippen LogP contribution in [0.15, 0.2) is 59.4 Å². The smallest absolute Gasteiger partial charge is 0.349 e. The first-order valence-electron chi connectivity index (χ1n) is 9.28. The Balaban J connectivity index is 1.60. The molecule has 3 N–H and O–H groups in total. The van der Waals surface area contributed by atoms with Gasteiger partial charge >= 0.3 is 12.2 Å². The molecular formula is C21H15F3N4O3S. The molecule has 11 heteroatoms. The number of amides is 4. The minimum atomic E-state index is -4.47. The van der Waals surface area contributed by atoms with Gasteiger partial charge in [-0.2, -0.15) is 13.2 Å². The summed E-state index contributed by atoms with van der Waals surface area (Å²) in [4.78, 5) is 41.3. The molecule has 0 bridgehead atoms. The maximum absolute atomic E-state index is 13.0. The maximum Gasteiger partial charge on any atom is 0.416 e. The zero-order valence-electron chi connectivity index (χ0n) is 16.2. The van der Waals surface area contributed by atoms with Gasteiger partial charge in [-0.25, -0.2) is 9.78 Å². The Kier molecular flexibility index (Phi) is 5.43. The van der Waals surface area contributed by atoms with Crippen molar-refractivity contribution in [3.8, 4) is 11.1 Å². The summed E-state index contributed by atoms with van der Waals surface area (Å²) in [5, 5.41) is 8.89. The molecule has 32 heavy (non-hydrogen) atoms. The van der Waals surface area contributed by atoms with Crippen LogP contribution < -0.4 is 16.0 Å². The second-order valence-corrected chi connectivity index (χ2v) is 7.71. The first kappa shape index (κ1) is 21.5. The minimum absolute atomic E-state index is 0.199. The van der Waals surface area contributed by atoms with Crippen LogP contribution in [0.5, 0.6) is 0 Å². The van der Waals surface area contributed by atoms with Gasteiger partial charge in [0.2, 0.25) is 0 Å². The fraction of sp³-hybridized carbons (Fsp3) is 0.143. The topological polar surface area (TPSA) is 100 Å². The maximum atomic E-state index is 13.0. The van der Waals surface area contributed by atoms with Crippen molar-refractivity contribution in [2.45, 2.75) is 11.7 Å². The number of rotatable bonds is 5. The van der Waals surface area contributed by atoms with E-state index in [-0.39, 0.29) is 17.8 Å². The Hall–Kier alpha value is -3.73. The van der Waals surface area contributed by atoms with E-state index in [2.05, 4.69) is 20.9 Å². The third kappa shape index (κ3) is 3.94. The molecule has 2 heterocycles. The fourth-order valence-electron chi connectivity index (χ4n) is 3.39. The van der Waals surface area contributed by atoms with E-state index in [4.69, 9.17) is 0 Å². The molecule has 0 radical (unpaired) electrons. The highest BCUT2D eigenvalue weighted by atomic mass is 32.1. The lowest BCUT2D eigenvalue weighted by atomic mass is 9.95. The van der Waals surface area contributed by atoms with Crippen molar-refractivity contribution < 1.29 is 27.6 Å². The van der Waals surface area contributed by atoms with E-state index in [9.17, 15) is 27.6 Å². The van der Waals surface area contributed by atoms with Crippen molar-refractivity contribution >= 4 is 29.2 Å². The van der Waals surface area contributed by atoms with Crippen LogP contribution in [-0.2, 0) is 16.5 Å². The summed E-state index contributed by atoms with van der Waals surface area (Å²) in [5.41, 5.74) is 0.460. The normalized spacial score (nSPS) is 18.2. The zero-order chi connectivity index (χ0) is 22.9. The predicted octanol–water partition coefficient (Wildman–Crippen LogP) is 3.29. The molecule has 1 aliphatic heterocycles. The van der Waals surface area contributed by atoms with E-state index < -0.39 is 35.1 Å². The number of aromatic nitrogens is 1. The van der Waals surface area contributed by atoms with Crippen LogP contribution in [0.25, 0.3) is 11.1 Å². The summed E-state index contributed by atoms with van der Waals surface area (Å²) >= 11 is 1.23. The van der Waals surface area contributed by atoms with E-state index >= 15 is 0 Å². The first-order chi connectivity index (χ1) is 15.2. The number of nitrogens with zero attached hydrogens (tertiary/aromatic N) is 1. The van der Waals surface area contributed by atoms with Gasteiger partial charge in [0.05, 0.1) is 23.3 Å². The number of halogens is 3. The van der Waals surface area contributed by atoms with Gasteiger partial charge in [0.15, 0.2) is 5.54 Å². The van der Waals surface area contributed by atoms with Crippen molar-refractivity contribution in [1.82, 2.24) is 20.9 Å². The molecule has 164 valence electrons. The number of hydrogen-bond donors (Lipinski definition) is 3. The van der Waals surface area contributed by atoms with E-state index in [1.807, 2.05) is 0 Å². The number of nitrogens with one attached hydrogen (secondary N) is 3. The molecule has 7 nitrogen and oxygen atoms in total. The monoisotopic (exact) mass is 460 g/mol. The van der Waals surface area contributed by atoms with E-state index in [0.717, 1.165) is 12.1 Å². The fourth-order valence-corrected chi connectivity index (χ4v) is 4.02. The Morgan fingerprint density at radius 1 is 1.09 bits per heavy atom.